The first-order chi connectivity index (χ1) is 9.09. The number of likely N-dealkylation sites (tertiary alicyclic amines) is 1. The molecule has 5 heteroatoms. The molecule has 2 aliphatic heterocycles. The summed E-state index contributed by atoms with van der Waals surface area (Å²) in [5.41, 5.74) is 1.04. The van der Waals surface area contributed by atoms with Crippen molar-refractivity contribution in [3.63, 3.8) is 0 Å². The normalized spacial score (nSPS) is 23.3. The lowest BCUT2D eigenvalue weighted by Gasteiger charge is -2.39. The third-order valence-corrected chi connectivity index (χ3v) is 4.31. The fraction of sp³-hybridized carbons (Fsp3) is 0.786. The van der Waals surface area contributed by atoms with Gasteiger partial charge < -0.3 is 19.5 Å². The van der Waals surface area contributed by atoms with Crippen LogP contribution in [0.4, 0.5) is 0 Å². The monoisotopic (exact) mass is 269 g/mol. The smallest absolute Gasteiger partial charge is 0.333 e. The van der Waals surface area contributed by atoms with Crippen molar-refractivity contribution in [2.75, 3.05) is 39.5 Å². The quantitative estimate of drug-likeness (QED) is 0.762. The van der Waals surface area contributed by atoms with E-state index < -0.39 is 5.97 Å². The van der Waals surface area contributed by atoms with Gasteiger partial charge in [-0.1, -0.05) is 0 Å². The van der Waals surface area contributed by atoms with Gasteiger partial charge in [0.05, 0.1) is 24.4 Å². The van der Waals surface area contributed by atoms with Crippen molar-refractivity contribution < 1.29 is 19.4 Å². The van der Waals surface area contributed by atoms with E-state index in [1.54, 1.807) is 0 Å². The Balaban J connectivity index is 1.91. The number of carboxylic acid groups (broad SMARTS) is 1. The van der Waals surface area contributed by atoms with Crippen LogP contribution in [0.15, 0.2) is 11.1 Å². The Bertz CT molecular complexity index is 370. The molecule has 0 aliphatic carbocycles. The highest BCUT2D eigenvalue weighted by Gasteiger charge is 2.43. The van der Waals surface area contributed by atoms with Crippen LogP contribution in [0.2, 0.25) is 0 Å². The van der Waals surface area contributed by atoms with Crippen molar-refractivity contribution in [2.45, 2.75) is 32.3 Å². The Morgan fingerprint density at radius 3 is 2.68 bits per heavy atom. The molecule has 1 saturated heterocycles. The molecule has 0 unspecified atom stereocenters. The van der Waals surface area contributed by atoms with Crippen LogP contribution in [0.25, 0.3) is 0 Å². The third kappa shape index (κ3) is 2.99. The van der Waals surface area contributed by atoms with Crippen LogP contribution in [-0.2, 0) is 14.3 Å². The Morgan fingerprint density at radius 2 is 2.16 bits per heavy atom. The second-order valence-corrected chi connectivity index (χ2v) is 5.23. The predicted octanol–water partition coefficient (Wildman–Crippen LogP) is 1.29. The van der Waals surface area contributed by atoms with Crippen molar-refractivity contribution in [1.82, 2.24) is 4.90 Å². The third-order valence-electron chi connectivity index (χ3n) is 4.31. The molecule has 0 bridgehead atoms. The average molecular weight is 269 g/mol. The van der Waals surface area contributed by atoms with Crippen molar-refractivity contribution in [2.24, 2.45) is 0 Å². The van der Waals surface area contributed by atoms with Crippen LogP contribution in [0, 0.1) is 0 Å². The van der Waals surface area contributed by atoms with E-state index in [4.69, 9.17) is 14.6 Å². The fourth-order valence-corrected chi connectivity index (χ4v) is 2.92. The molecule has 2 rings (SSSR count). The summed E-state index contributed by atoms with van der Waals surface area (Å²) in [5.74, 6) is -0.840. The first kappa shape index (κ1) is 14.5. The lowest BCUT2D eigenvalue weighted by Crippen LogP contribution is -2.46. The Morgan fingerprint density at radius 1 is 1.47 bits per heavy atom. The summed E-state index contributed by atoms with van der Waals surface area (Å²) in [7, 11) is 0. The summed E-state index contributed by atoms with van der Waals surface area (Å²) >= 11 is 0. The van der Waals surface area contributed by atoms with Gasteiger partial charge in [0, 0.05) is 26.2 Å². The molecular weight excluding hydrogens is 246 g/mol. The largest absolute Gasteiger partial charge is 0.478 e. The summed E-state index contributed by atoms with van der Waals surface area (Å²) in [6, 6.07) is 0. The van der Waals surface area contributed by atoms with Crippen LogP contribution in [-0.4, -0.2) is 61.0 Å². The van der Waals surface area contributed by atoms with E-state index in [0.29, 0.717) is 5.57 Å². The van der Waals surface area contributed by atoms with Crippen LogP contribution in [0.3, 0.4) is 0 Å². The van der Waals surface area contributed by atoms with E-state index in [0.717, 1.165) is 51.3 Å². The standard InChI is InChI=1S/C14H23NO4/c1-3-18-9-8-15-6-4-14(5-7-15)11(2)12(10-19-14)13(16)17/h3-10H2,1-2H3,(H,16,17). The lowest BCUT2D eigenvalue weighted by atomic mass is 9.84. The maximum Gasteiger partial charge on any atom is 0.333 e. The second kappa shape index (κ2) is 6.03. The first-order valence-corrected chi connectivity index (χ1v) is 6.96. The summed E-state index contributed by atoms with van der Waals surface area (Å²) in [5, 5.41) is 9.13. The van der Waals surface area contributed by atoms with Gasteiger partial charge in [0.25, 0.3) is 0 Å². The van der Waals surface area contributed by atoms with Gasteiger partial charge in [0.2, 0.25) is 0 Å². The number of carbonyl (C=O) groups is 1. The Labute approximate surface area is 114 Å². The number of hydrogen-bond acceptors (Lipinski definition) is 4. The predicted molar refractivity (Wildman–Crippen MR) is 71.2 cm³/mol. The maximum absolute atomic E-state index is 11.1. The van der Waals surface area contributed by atoms with Gasteiger partial charge in [0.1, 0.15) is 0 Å². The van der Waals surface area contributed by atoms with Gasteiger partial charge in [0.15, 0.2) is 0 Å². The zero-order valence-corrected chi connectivity index (χ0v) is 11.8. The van der Waals surface area contributed by atoms with Crippen molar-refractivity contribution >= 4 is 5.97 Å². The number of nitrogens with zero attached hydrogens (tertiary/aromatic N) is 1. The molecule has 0 amide bonds. The number of ether oxygens (including phenoxy) is 2. The van der Waals surface area contributed by atoms with E-state index >= 15 is 0 Å². The molecule has 1 fully saturated rings. The molecule has 0 aromatic carbocycles. The molecule has 0 aromatic rings. The SMILES string of the molecule is CCOCCN1CCC2(CC1)OCC(C(=O)O)=C2C. The zero-order valence-electron chi connectivity index (χ0n) is 11.8. The van der Waals surface area contributed by atoms with Gasteiger partial charge in [-0.3, -0.25) is 0 Å². The zero-order chi connectivity index (χ0) is 13.9. The molecule has 108 valence electrons. The van der Waals surface area contributed by atoms with E-state index in [1.165, 1.54) is 0 Å². The number of rotatable bonds is 5. The summed E-state index contributed by atoms with van der Waals surface area (Å²) in [6.45, 7) is 8.50. The number of piperidine rings is 1. The highest BCUT2D eigenvalue weighted by atomic mass is 16.5. The number of carboxylic acids is 1. The fourth-order valence-electron chi connectivity index (χ4n) is 2.92. The number of aliphatic carboxylic acids is 1. The average Bonchev–Trinajstić information content (AvgIpc) is 2.70. The summed E-state index contributed by atoms with van der Waals surface area (Å²) in [6.07, 6.45) is 1.75. The van der Waals surface area contributed by atoms with Gasteiger partial charge in [-0.25, -0.2) is 4.79 Å². The lowest BCUT2D eigenvalue weighted by molar-refractivity contribution is -0.133. The minimum atomic E-state index is -0.840. The van der Waals surface area contributed by atoms with Crippen molar-refractivity contribution in [3.8, 4) is 0 Å². The Hall–Kier alpha value is -0.910. The van der Waals surface area contributed by atoms with Crippen molar-refractivity contribution in [3.05, 3.63) is 11.1 Å². The van der Waals surface area contributed by atoms with Gasteiger partial charge in [-0.2, -0.15) is 0 Å². The van der Waals surface area contributed by atoms with E-state index in [-0.39, 0.29) is 12.2 Å². The molecule has 0 atom stereocenters. The van der Waals surface area contributed by atoms with Crippen LogP contribution in [0.1, 0.15) is 26.7 Å². The number of hydrogen-bond donors (Lipinski definition) is 1. The molecule has 2 aliphatic rings. The first-order valence-electron chi connectivity index (χ1n) is 6.96. The molecule has 1 N–H and O–H groups in total. The minimum absolute atomic E-state index is 0.250. The maximum atomic E-state index is 11.1. The molecule has 5 nitrogen and oxygen atoms in total. The summed E-state index contributed by atoms with van der Waals surface area (Å²) in [4.78, 5) is 13.5. The van der Waals surface area contributed by atoms with E-state index in [9.17, 15) is 4.79 Å². The summed E-state index contributed by atoms with van der Waals surface area (Å²) < 4.78 is 11.2. The Kier molecular flexibility index (Phi) is 4.60. The molecular formula is C14H23NO4. The van der Waals surface area contributed by atoms with Gasteiger partial charge in [-0.05, 0) is 32.3 Å². The topological polar surface area (TPSA) is 59.0 Å². The van der Waals surface area contributed by atoms with E-state index in [2.05, 4.69) is 4.90 Å². The van der Waals surface area contributed by atoms with E-state index in [1.807, 2.05) is 13.8 Å². The molecule has 19 heavy (non-hydrogen) atoms. The minimum Gasteiger partial charge on any atom is -0.478 e. The highest BCUT2D eigenvalue weighted by molar-refractivity contribution is 5.88. The molecule has 0 radical (unpaired) electrons. The van der Waals surface area contributed by atoms with Crippen LogP contribution < -0.4 is 0 Å². The van der Waals surface area contributed by atoms with Crippen LogP contribution in [0.5, 0.6) is 0 Å². The molecule has 2 heterocycles. The molecule has 1 spiro atoms. The molecule has 0 aromatic heterocycles. The van der Waals surface area contributed by atoms with Gasteiger partial charge in [-0.15, -0.1) is 0 Å². The van der Waals surface area contributed by atoms with Gasteiger partial charge >= 0.3 is 5.97 Å². The van der Waals surface area contributed by atoms with Crippen LogP contribution >= 0.6 is 0 Å². The molecule has 0 saturated carbocycles. The second-order valence-electron chi connectivity index (χ2n) is 5.23. The van der Waals surface area contributed by atoms with Crippen molar-refractivity contribution in [1.29, 1.82) is 0 Å². The highest BCUT2D eigenvalue weighted by Crippen LogP contribution is 2.39.